The average Bonchev–Trinajstić information content (AvgIpc) is 1.84. The van der Waals surface area contributed by atoms with Crippen molar-refractivity contribution in [3.8, 4) is 0 Å². The van der Waals surface area contributed by atoms with Crippen LogP contribution in [0.5, 0.6) is 0 Å². The van der Waals surface area contributed by atoms with E-state index >= 15 is 0 Å². The molecule has 1 saturated carbocycles. The highest BCUT2D eigenvalue weighted by molar-refractivity contribution is 5.74. The molecule has 2 heterocycles. The van der Waals surface area contributed by atoms with E-state index in [0.29, 0.717) is 12.1 Å². The van der Waals surface area contributed by atoms with Crippen molar-refractivity contribution in [2.75, 3.05) is 0 Å². The smallest absolute Gasteiger partial charge is 0.315 e. The number of urea groups is 1. The third-order valence-electron chi connectivity index (χ3n) is 2.93. The van der Waals surface area contributed by atoms with Gasteiger partial charge in [0.05, 0.1) is 0 Å². The van der Waals surface area contributed by atoms with Gasteiger partial charge in [-0.2, -0.15) is 0 Å². The summed E-state index contributed by atoms with van der Waals surface area (Å²) in [6, 6.07) is 0.723. The monoisotopic (exact) mass is 156 g/mol. The molecule has 0 aromatic rings. The Morgan fingerprint density at radius 3 is 2.45 bits per heavy atom. The number of fused-ring (bicyclic) bond motifs is 2. The van der Waals surface area contributed by atoms with E-state index in [2.05, 4.69) is 6.92 Å². The van der Waals surface area contributed by atoms with E-state index in [-0.39, 0.29) is 7.46 Å². The SMILES string of the molecule is CC1CC2CC(C1)N2C(N)=O.[HH]. The minimum absolute atomic E-state index is 0. The van der Waals surface area contributed by atoms with Crippen LogP contribution in [0.1, 0.15) is 27.6 Å². The molecule has 2 aliphatic heterocycles. The predicted octanol–water partition coefficient (Wildman–Crippen LogP) is 1.18. The van der Waals surface area contributed by atoms with Gasteiger partial charge in [0.1, 0.15) is 0 Å². The summed E-state index contributed by atoms with van der Waals surface area (Å²) >= 11 is 0. The van der Waals surface area contributed by atoms with Gasteiger partial charge in [-0.1, -0.05) is 6.92 Å². The van der Waals surface area contributed by atoms with Gasteiger partial charge in [-0.3, -0.25) is 0 Å². The number of hydrogen-bond donors (Lipinski definition) is 1. The Labute approximate surface area is 68.0 Å². The van der Waals surface area contributed by atoms with Crippen molar-refractivity contribution in [1.82, 2.24) is 4.90 Å². The third kappa shape index (κ3) is 0.905. The van der Waals surface area contributed by atoms with Crippen LogP contribution in [0.4, 0.5) is 4.79 Å². The van der Waals surface area contributed by atoms with Crippen molar-refractivity contribution < 1.29 is 6.22 Å². The molecule has 2 amide bonds. The predicted molar refractivity (Wildman–Crippen MR) is 44.1 cm³/mol. The second kappa shape index (κ2) is 2.13. The van der Waals surface area contributed by atoms with Crippen molar-refractivity contribution >= 4 is 6.03 Å². The van der Waals surface area contributed by atoms with E-state index in [4.69, 9.17) is 5.73 Å². The van der Waals surface area contributed by atoms with Gasteiger partial charge in [-0.05, 0) is 25.2 Å². The van der Waals surface area contributed by atoms with Gasteiger partial charge < -0.3 is 10.6 Å². The van der Waals surface area contributed by atoms with Gasteiger partial charge in [0.15, 0.2) is 0 Å². The number of nitrogens with two attached hydrogens (primary N) is 1. The van der Waals surface area contributed by atoms with Crippen LogP contribution in [0.2, 0.25) is 0 Å². The Morgan fingerprint density at radius 2 is 2.00 bits per heavy atom. The Balaban J connectivity index is 0.000000720. The highest BCUT2D eigenvalue weighted by Crippen LogP contribution is 2.40. The van der Waals surface area contributed by atoms with E-state index in [1.54, 1.807) is 0 Å². The molecule has 11 heavy (non-hydrogen) atoms. The van der Waals surface area contributed by atoms with Crippen LogP contribution in [-0.2, 0) is 0 Å². The first-order chi connectivity index (χ1) is 5.18. The lowest BCUT2D eigenvalue weighted by Crippen LogP contribution is -2.64. The molecule has 2 N–H and O–H groups in total. The number of carbonyl (C=O) groups excluding carboxylic acids is 1. The number of primary amides is 1. The fourth-order valence-corrected chi connectivity index (χ4v) is 2.51. The standard InChI is InChI=1S/C8H14N2O.H2/c1-5-2-6-4-7(3-5)10(6)8(9)11;/h5-7H,2-4H2,1H3,(H2,9,11);1H. The lowest BCUT2D eigenvalue weighted by molar-refractivity contribution is -0.00775. The molecule has 0 spiro atoms. The highest BCUT2D eigenvalue weighted by Gasteiger charge is 2.45. The second-order valence-electron chi connectivity index (χ2n) is 3.87. The molecule has 2 bridgehead atoms. The third-order valence-corrected chi connectivity index (χ3v) is 2.93. The van der Waals surface area contributed by atoms with Crippen LogP contribution < -0.4 is 5.73 Å². The molecule has 3 nitrogen and oxygen atoms in total. The summed E-state index contributed by atoms with van der Waals surface area (Å²) in [5.41, 5.74) is 5.22. The number of nitrogens with zero attached hydrogens (tertiary/aromatic N) is 1. The van der Waals surface area contributed by atoms with E-state index in [1.165, 1.54) is 6.42 Å². The summed E-state index contributed by atoms with van der Waals surface area (Å²) in [7, 11) is 0. The molecule has 3 heteroatoms. The Bertz CT molecular complexity index is 185. The summed E-state index contributed by atoms with van der Waals surface area (Å²) in [5, 5.41) is 0. The van der Waals surface area contributed by atoms with Gasteiger partial charge in [0.2, 0.25) is 0 Å². The lowest BCUT2D eigenvalue weighted by atomic mass is 9.74. The van der Waals surface area contributed by atoms with Crippen LogP contribution >= 0.6 is 0 Å². The minimum Gasteiger partial charge on any atom is -0.351 e. The zero-order valence-electron chi connectivity index (χ0n) is 6.79. The van der Waals surface area contributed by atoms with Crippen molar-refractivity contribution in [3.63, 3.8) is 0 Å². The normalized spacial score (nSPS) is 41.5. The molecular weight excluding hydrogens is 140 g/mol. The maximum atomic E-state index is 10.9. The maximum absolute atomic E-state index is 10.9. The molecule has 64 valence electrons. The minimum atomic E-state index is -0.224. The van der Waals surface area contributed by atoms with Gasteiger partial charge in [-0.25, -0.2) is 4.79 Å². The molecule has 3 aliphatic rings. The number of amides is 2. The van der Waals surface area contributed by atoms with E-state index in [1.807, 2.05) is 4.90 Å². The van der Waals surface area contributed by atoms with Crippen LogP contribution in [0.25, 0.3) is 0 Å². The molecule has 1 aliphatic carbocycles. The zero-order chi connectivity index (χ0) is 8.01. The molecule has 2 saturated heterocycles. The fraction of sp³-hybridized carbons (Fsp3) is 0.875. The van der Waals surface area contributed by atoms with Gasteiger partial charge in [0.25, 0.3) is 0 Å². The molecule has 2 unspecified atom stereocenters. The fourth-order valence-electron chi connectivity index (χ4n) is 2.51. The molecule has 2 atom stereocenters. The topological polar surface area (TPSA) is 46.3 Å². The van der Waals surface area contributed by atoms with E-state index in [9.17, 15) is 4.79 Å². The highest BCUT2D eigenvalue weighted by atomic mass is 16.2. The van der Waals surface area contributed by atoms with E-state index in [0.717, 1.165) is 18.8 Å². The summed E-state index contributed by atoms with van der Waals surface area (Å²) in [6.45, 7) is 2.25. The Kier molecular flexibility index (Phi) is 1.34. The molecule has 3 fully saturated rings. The molecule has 0 aromatic heterocycles. The van der Waals surface area contributed by atoms with Crippen molar-refractivity contribution in [2.45, 2.75) is 38.3 Å². The van der Waals surface area contributed by atoms with Crippen molar-refractivity contribution in [1.29, 1.82) is 0 Å². The van der Waals surface area contributed by atoms with Gasteiger partial charge >= 0.3 is 6.03 Å². The quantitative estimate of drug-likeness (QED) is 0.562. The van der Waals surface area contributed by atoms with Gasteiger partial charge in [-0.15, -0.1) is 0 Å². The summed E-state index contributed by atoms with van der Waals surface area (Å²) in [4.78, 5) is 12.7. The number of piperidine rings is 1. The Hall–Kier alpha value is -0.730. The first-order valence-electron chi connectivity index (χ1n) is 4.26. The number of rotatable bonds is 0. The van der Waals surface area contributed by atoms with Crippen LogP contribution in [0.15, 0.2) is 0 Å². The molecule has 0 aromatic carbocycles. The summed E-state index contributed by atoms with van der Waals surface area (Å²) < 4.78 is 0. The van der Waals surface area contributed by atoms with Crippen LogP contribution in [-0.4, -0.2) is 23.0 Å². The first-order valence-corrected chi connectivity index (χ1v) is 4.26. The van der Waals surface area contributed by atoms with E-state index < -0.39 is 0 Å². The van der Waals surface area contributed by atoms with Crippen molar-refractivity contribution in [3.05, 3.63) is 0 Å². The molecule has 3 rings (SSSR count). The van der Waals surface area contributed by atoms with Crippen LogP contribution in [0, 0.1) is 5.92 Å². The van der Waals surface area contributed by atoms with Crippen LogP contribution in [0.3, 0.4) is 0 Å². The van der Waals surface area contributed by atoms with Crippen molar-refractivity contribution in [2.24, 2.45) is 11.7 Å². The summed E-state index contributed by atoms with van der Waals surface area (Å²) in [5.74, 6) is 0.786. The second-order valence-corrected chi connectivity index (χ2v) is 3.87. The van der Waals surface area contributed by atoms with Gasteiger partial charge in [0, 0.05) is 13.5 Å². The first kappa shape index (κ1) is 6.95. The number of carbonyl (C=O) groups is 1. The molecule has 0 radical (unpaired) electrons. The maximum Gasteiger partial charge on any atom is 0.315 e. The largest absolute Gasteiger partial charge is 0.351 e. The lowest BCUT2D eigenvalue weighted by Gasteiger charge is -2.54. The molecular formula is C8H16N2O. The zero-order valence-corrected chi connectivity index (χ0v) is 6.79. The summed E-state index contributed by atoms with van der Waals surface area (Å²) in [6.07, 6.45) is 3.49. The average molecular weight is 156 g/mol. The number of hydrogen-bond acceptors (Lipinski definition) is 1. The Morgan fingerprint density at radius 1 is 1.45 bits per heavy atom.